The minimum atomic E-state index is -0.418. The monoisotopic (exact) mass is 342 g/mol. The predicted octanol–water partition coefficient (Wildman–Crippen LogP) is 5.26. The van der Waals surface area contributed by atoms with Crippen LogP contribution in [0.2, 0.25) is 5.02 Å². The van der Waals surface area contributed by atoms with Crippen LogP contribution in [0.4, 0.5) is 4.39 Å². The molecular formula is C15H13BrClFO. The van der Waals surface area contributed by atoms with Crippen LogP contribution in [0.5, 0.6) is 5.75 Å². The molecule has 0 amide bonds. The summed E-state index contributed by atoms with van der Waals surface area (Å²) >= 11 is 9.17. The van der Waals surface area contributed by atoms with Crippen molar-refractivity contribution < 1.29 is 9.13 Å². The Kier molecular flexibility index (Phi) is 4.83. The van der Waals surface area contributed by atoms with Crippen LogP contribution < -0.4 is 4.74 Å². The van der Waals surface area contributed by atoms with Gasteiger partial charge in [0.15, 0.2) is 0 Å². The Morgan fingerprint density at radius 2 is 1.84 bits per heavy atom. The van der Waals surface area contributed by atoms with Crippen LogP contribution in [-0.2, 0) is 11.9 Å². The van der Waals surface area contributed by atoms with E-state index in [-0.39, 0.29) is 11.6 Å². The number of alkyl halides is 1. The first kappa shape index (κ1) is 14.4. The standard InChI is InChI=1S/C15H13BrClFO/c1-10-4-2-5-11(8-16)15(10)19-9-12-6-3-7-13(17)14(12)18/h2-7H,8-9H2,1H3. The van der Waals surface area contributed by atoms with E-state index in [1.54, 1.807) is 12.1 Å². The molecule has 100 valence electrons. The molecule has 0 saturated carbocycles. The maximum atomic E-state index is 13.8. The summed E-state index contributed by atoms with van der Waals surface area (Å²) < 4.78 is 19.5. The summed E-state index contributed by atoms with van der Waals surface area (Å²) in [5.41, 5.74) is 2.53. The zero-order chi connectivity index (χ0) is 13.8. The molecule has 19 heavy (non-hydrogen) atoms. The fourth-order valence-corrected chi connectivity index (χ4v) is 2.47. The minimum Gasteiger partial charge on any atom is -0.488 e. The number of hydrogen-bond acceptors (Lipinski definition) is 1. The lowest BCUT2D eigenvalue weighted by atomic mass is 10.1. The van der Waals surface area contributed by atoms with Gasteiger partial charge in [-0.1, -0.05) is 57.9 Å². The molecule has 0 fully saturated rings. The summed E-state index contributed by atoms with van der Waals surface area (Å²) in [5.74, 6) is 0.372. The normalized spacial score (nSPS) is 10.5. The van der Waals surface area contributed by atoms with Gasteiger partial charge >= 0.3 is 0 Å². The predicted molar refractivity (Wildman–Crippen MR) is 79.6 cm³/mol. The molecule has 2 aromatic rings. The van der Waals surface area contributed by atoms with Crippen LogP contribution in [0.1, 0.15) is 16.7 Å². The van der Waals surface area contributed by atoms with Crippen molar-refractivity contribution in [3.63, 3.8) is 0 Å². The van der Waals surface area contributed by atoms with E-state index < -0.39 is 5.82 Å². The van der Waals surface area contributed by atoms with Crippen molar-refractivity contribution in [1.82, 2.24) is 0 Å². The smallest absolute Gasteiger partial charge is 0.148 e. The van der Waals surface area contributed by atoms with E-state index in [9.17, 15) is 4.39 Å². The lowest BCUT2D eigenvalue weighted by Crippen LogP contribution is -2.02. The highest BCUT2D eigenvalue weighted by Crippen LogP contribution is 2.27. The Balaban J connectivity index is 2.21. The number of rotatable bonds is 4. The Labute approximate surface area is 125 Å². The molecule has 0 unspecified atom stereocenters. The van der Waals surface area contributed by atoms with E-state index >= 15 is 0 Å². The molecule has 0 heterocycles. The molecule has 0 N–H and O–H groups in total. The molecule has 0 aliphatic carbocycles. The van der Waals surface area contributed by atoms with Gasteiger partial charge in [-0.2, -0.15) is 0 Å². The fraction of sp³-hybridized carbons (Fsp3) is 0.200. The van der Waals surface area contributed by atoms with Crippen LogP contribution in [0, 0.1) is 12.7 Å². The van der Waals surface area contributed by atoms with Crippen molar-refractivity contribution >= 4 is 27.5 Å². The maximum Gasteiger partial charge on any atom is 0.148 e. The molecule has 0 aromatic heterocycles. The summed E-state index contributed by atoms with van der Waals surface area (Å²) in [6.45, 7) is 2.13. The zero-order valence-corrected chi connectivity index (χ0v) is 12.8. The molecule has 4 heteroatoms. The third-order valence-corrected chi connectivity index (χ3v) is 3.74. The summed E-state index contributed by atoms with van der Waals surface area (Å²) in [4.78, 5) is 0. The van der Waals surface area contributed by atoms with Gasteiger partial charge in [0.05, 0.1) is 5.02 Å². The van der Waals surface area contributed by atoms with Crippen LogP contribution in [-0.4, -0.2) is 0 Å². The highest BCUT2D eigenvalue weighted by atomic mass is 79.9. The molecule has 0 spiro atoms. The van der Waals surface area contributed by atoms with Crippen molar-refractivity contribution in [3.05, 3.63) is 63.9 Å². The highest BCUT2D eigenvalue weighted by molar-refractivity contribution is 9.08. The third kappa shape index (κ3) is 3.28. The van der Waals surface area contributed by atoms with Crippen LogP contribution >= 0.6 is 27.5 Å². The lowest BCUT2D eigenvalue weighted by Gasteiger charge is -2.13. The number of benzene rings is 2. The van der Waals surface area contributed by atoms with Gasteiger partial charge in [-0.05, 0) is 18.6 Å². The first-order valence-corrected chi connectivity index (χ1v) is 7.33. The highest BCUT2D eigenvalue weighted by Gasteiger charge is 2.10. The number of ether oxygens (including phenoxy) is 1. The molecule has 0 aliphatic rings. The maximum absolute atomic E-state index is 13.8. The second-order valence-corrected chi connectivity index (χ2v) is 5.17. The van der Waals surface area contributed by atoms with E-state index in [1.807, 2.05) is 25.1 Å². The van der Waals surface area contributed by atoms with Crippen LogP contribution in [0.3, 0.4) is 0 Å². The molecule has 2 aromatic carbocycles. The first-order valence-electron chi connectivity index (χ1n) is 5.83. The Bertz CT molecular complexity index is 586. The quantitative estimate of drug-likeness (QED) is 0.688. The molecule has 2 rings (SSSR count). The van der Waals surface area contributed by atoms with Crippen LogP contribution in [0.15, 0.2) is 36.4 Å². The number of hydrogen-bond donors (Lipinski definition) is 0. The zero-order valence-electron chi connectivity index (χ0n) is 10.4. The van der Waals surface area contributed by atoms with E-state index in [2.05, 4.69) is 15.9 Å². The second-order valence-electron chi connectivity index (χ2n) is 4.20. The Morgan fingerprint density at radius 3 is 2.58 bits per heavy atom. The summed E-state index contributed by atoms with van der Waals surface area (Å²) in [6.07, 6.45) is 0. The molecule has 1 nitrogen and oxygen atoms in total. The molecule has 0 radical (unpaired) electrons. The van der Waals surface area contributed by atoms with Gasteiger partial charge in [0.1, 0.15) is 18.2 Å². The molecule has 0 atom stereocenters. The molecular weight excluding hydrogens is 331 g/mol. The fourth-order valence-electron chi connectivity index (χ4n) is 1.83. The molecule has 0 aliphatic heterocycles. The SMILES string of the molecule is Cc1cccc(CBr)c1OCc1cccc(Cl)c1F. The van der Waals surface area contributed by atoms with Gasteiger partial charge in [-0.3, -0.25) is 0 Å². The van der Waals surface area contributed by atoms with Crippen molar-refractivity contribution in [2.75, 3.05) is 0 Å². The van der Waals surface area contributed by atoms with Crippen molar-refractivity contribution in [1.29, 1.82) is 0 Å². The van der Waals surface area contributed by atoms with E-state index in [0.717, 1.165) is 16.9 Å². The van der Waals surface area contributed by atoms with Crippen molar-refractivity contribution in [2.24, 2.45) is 0 Å². The van der Waals surface area contributed by atoms with Gasteiger partial charge in [-0.25, -0.2) is 4.39 Å². The summed E-state index contributed by atoms with van der Waals surface area (Å²) in [6, 6.07) is 10.8. The van der Waals surface area contributed by atoms with Crippen LogP contribution in [0.25, 0.3) is 0 Å². The van der Waals surface area contributed by atoms with Gasteiger partial charge < -0.3 is 4.74 Å². The van der Waals surface area contributed by atoms with Crippen molar-refractivity contribution in [2.45, 2.75) is 18.9 Å². The first-order chi connectivity index (χ1) is 9.13. The van der Waals surface area contributed by atoms with E-state index in [4.69, 9.17) is 16.3 Å². The molecule has 0 bridgehead atoms. The number of para-hydroxylation sites is 1. The second kappa shape index (κ2) is 6.40. The lowest BCUT2D eigenvalue weighted by molar-refractivity contribution is 0.295. The van der Waals surface area contributed by atoms with Gasteiger partial charge in [0.2, 0.25) is 0 Å². The van der Waals surface area contributed by atoms with E-state index in [0.29, 0.717) is 10.9 Å². The largest absolute Gasteiger partial charge is 0.488 e. The van der Waals surface area contributed by atoms with Gasteiger partial charge in [0, 0.05) is 16.5 Å². The Hall–Kier alpha value is -1.06. The minimum absolute atomic E-state index is 0.117. The summed E-state index contributed by atoms with van der Waals surface area (Å²) in [7, 11) is 0. The average molecular weight is 344 g/mol. The van der Waals surface area contributed by atoms with Gasteiger partial charge in [-0.15, -0.1) is 0 Å². The summed E-state index contributed by atoms with van der Waals surface area (Å²) in [5, 5.41) is 0.814. The third-order valence-electron chi connectivity index (χ3n) is 2.84. The van der Waals surface area contributed by atoms with E-state index in [1.165, 1.54) is 6.07 Å². The van der Waals surface area contributed by atoms with Crippen molar-refractivity contribution in [3.8, 4) is 5.75 Å². The average Bonchev–Trinajstić information content (AvgIpc) is 2.41. The number of halogens is 3. The molecule has 0 saturated heterocycles. The Morgan fingerprint density at radius 1 is 1.16 bits per heavy atom. The van der Waals surface area contributed by atoms with Gasteiger partial charge in [0.25, 0.3) is 0 Å². The topological polar surface area (TPSA) is 9.23 Å². The number of aryl methyl sites for hydroxylation is 1.